The Labute approximate surface area is 155 Å². The van der Waals surface area contributed by atoms with Crippen LogP contribution in [0.3, 0.4) is 0 Å². The van der Waals surface area contributed by atoms with Crippen LogP contribution in [0.2, 0.25) is 0 Å². The van der Waals surface area contributed by atoms with Gasteiger partial charge in [0.2, 0.25) is 0 Å². The number of aryl methyl sites for hydroxylation is 1. The van der Waals surface area contributed by atoms with E-state index in [9.17, 15) is 19.1 Å². The Morgan fingerprint density at radius 1 is 1.04 bits per heavy atom. The first-order chi connectivity index (χ1) is 13.0. The van der Waals surface area contributed by atoms with Gasteiger partial charge in [0.1, 0.15) is 12.7 Å². The Morgan fingerprint density at radius 2 is 1.67 bits per heavy atom. The first kappa shape index (κ1) is 19.0. The van der Waals surface area contributed by atoms with Crippen LogP contribution in [-0.2, 0) is 14.2 Å². The molecule has 0 aromatic heterocycles. The molecule has 2 aromatic rings. The van der Waals surface area contributed by atoms with Crippen molar-refractivity contribution < 1.29 is 33.3 Å². The summed E-state index contributed by atoms with van der Waals surface area (Å²) in [7, 11) is 0. The van der Waals surface area contributed by atoms with Crippen LogP contribution < -0.4 is 0 Å². The number of aliphatic hydroxyl groups excluding tert-OH is 1. The van der Waals surface area contributed by atoms with Gasteiger partial charge in [0, 0.05) is 0 Å². The van der Waals surface area contributed by atoms with Crippen molar-refractivity contribution in [2.75, 3.05) is 6.61 Å². The van der Waals surface area contributed by atoms with E-state index in [4.69, 9.17) is 14.2 Å². The fraction of sp³-hybridized carbons (Fsp3) is 0.300. The van der Waals surface area contributed by atoms with Crippen molar-refractivity contribution >= 4 is 11.9 Å². The van der Waals surface area contributed by atoms with E-state index < -0.39 is 36.6 Å². The van der Waals surface area contributed by atoms with Gasteiger partial charge in [-0.3, -0.25) is 0 Å². The van der Waals surface area contributed by atoms with Gasteiger partial charge < -0.3 is 19.3 Å². The van der Waals surface area contributed by atoms with Gasteiger partial charge in [-0.1, -0.05) is 35.9 Å². The molecule has 1 saturated heterocycles. The van der Waals surface area contributed by atoms with Crippen LogP contribution in [-0.4, -0.2) is 48.3 Å². The van der Waals surface area contributed by atoms with Crippen molar-refractivity contribution in [1.82, 2.24) is 0 Å². The van der Waals surface area contributed by atoms with Gasteiger partial charge in [0.15, 0.2) is 18.6 Å². The minimum absolute atomic E-state index is 0.237. The van der Waals surface area contributed by atoms with Crippen LogP contribution in [0.5, 0.6) is 0 Å². The number of ether oxygens (including phenoxy) is 3. The Bertz CT molecular complexity index is 792. The second kappa shape index (κ2) is 8.28. The van der Waals surface area contributed by atoms with Gasteiger partial charge in [0.25, 0.3) is 0 Å². The number of halogens is 1. The zero-order valence-corrected chi connectivity index (χ0v) is 14.6. The second-order valence-corrected chi connectivity index (χ2v) is 6.21. The van der Waals surface area contributed by atoms with Gasteiger partial charge in [-0.05, 0) is 31.2 Å². The molecule has 142 valence electrons. The van der Waals surface area contributed by atoms with Crippen LogP contribution in [0, 0.1) is 6.92 Å². The minimum atomic E-state index is -1.94. The van der Waals surface area contributed by atoms with Gasteiger partial charge in [-0.2, -0.15) is 0 Å². The highest BCUT2D eigenvalue weighted by Crippen LogP contribution is 2.27. The van der Waals surface area contributed by atoms with Crippen molar-refractivity contribution in [2.24, 2.45) is 0 Å². The molecule has 1 N–H and O–H groups in total. The molecule has 27 heavy (non-hydrogen) atoms. The molecule has 1 aliphatic heterocycles. The molecule has 0 spiro atoms. The molecule has 2 aromatic carbocycles. The summed E-state index contributed by atoms with van der Waals surface area (Å²) in [4.78, 5) is 24.2. The summed E-state index contributed by atoms with van der Waals surface area (Å²) in [6.07, 6.45) is -6.21. The number of hydrogen-bond donors (Lipinski definition) is 1. The lowest BCUT2D eigenvalue weighted by Gasteiger charge is -2.19. The lowest BCUT2D eigenvalue weighted by molar-refractivity contribution is -0.122. The molecular weight excluding hydrogens is 355 g/mol. The Balaban J connectivity index is 1.63. The highest BCUT2D eigenvalue weighted by atomic mass is 19.1. The maximum atomic E-state index is 14.2. The van der Waals surface area contributed by atoms with Crippen LogP contribution in [0.25, 0.3) is 0 Å². The molecule has 0 unspecified atom stereocenters. The van der Waals surface area contributed by atoms with Crippen LogP contribution in [0.15, 0.2) is 54.6 Å². The molecule has 0 bridgehead atoms. The number of carbonyl (C=O) groups excluding carboxylic acids is 2. The number of benzene rings is 2. The molecule has 0 amide bonds. The molecule has 0 aliphatic carbocycles. The third-order valence-electron chi connectivity index (χ3n) is 4.19. The molecule has 0 radical (unpaired) electrons. The molecular formula is C20H19FO6. The molecule has 4 atom stereocenters. The predicted molar refractivity (Wildman–Crippen MR) is 92.9 cm³/mol. The fourth-order valence-electron chi connectivity index (χ4n) is 2.67. The normalized spacial score (nSPS) is 24.4. The van der Waals surface area contributed by atoms with Crippen LogP contribution in [0.1, 0.15) is 26.3 Å². The topological polar surface area (TPSA) is 82.1 Å². The molecule has 6 nitrogen and oxygen atoms in total. The number of esters is 2. The summed E-state index contributed by atoms with van der Waals surface area (Å²) in [5.74, 6) is -1.38. The third-order valence-corrected chi connectivity index (χ3v) is 4.19. The van der Waals surface area contributed by atoms with E-state index in [2.05, 4.69) is 0 Å². The third kappa shape index (κ3) is 4.50. The molecule has 1 heterocycles. The second-order valence-electron chi connectivity index (χ2n) is 6.21. The van der Waals surface area contributed by atoms with Gasteiger partial charge >= 0.3 is 11.9 Å². The molecule has 3 rings (SSSR count). The van der Waals surface area contributed by atoms with Crippen molar-refractivity contribution in [3.63, 3.8) is 0 Å². The minimum Gasteiger partial charge on any atom is -0.459 e. The van der Waals surface area contributed by atoms with E-state index in [1.807, 2.05) is 6.92 Å². The van der Waals surface area contributed by atoms with E-state index in [1.54, 1.807) is 42.5 Å². The maximum absolute atomic E-state index is 14.2. The number of hydrogen-bond acceptors (Lipinski definition) is 6. The zero-order valence-electron chi connectivity index (χ0n) is 14.6. The average Bonchev–Trinajstić information content (AvgIpc) is 2.95. The van der Waals surface area contributed by atoms with Crippen molar-refractivity contribution in [3.05, 3.63) is 71.3 Å². The zero-order chi connectivity index (χ0) is 19.4. The summed E-state index contributed by atoms with van der Waals surface area (Å²) >= 11 is 0. The van der Waals surface area contributed by atoms with Crippen LogP contribution in [0.4, 0.5) is 4.39 Å². The van der Waals surface area contributed by atoms with E-state index >= 15 is 0 Å². The number of rotatable bonds is 5. The SMILES string of the molecule is Cc1ccc(C(=O)OC[C@H]2O[C@H](O)[C@@H](F)[C@@H]2OC(=O)c2ccccc2)cc1. The highest BCUT2D eigenvalue weighted by Gasteiger charge is 2.47. The summed E-state index contributed by atoms with van der Waals surface area (Å²) < 4.78 is 29.6. The molecule has 1 fully saturated rings. The standard InChI is InChI=1S/C20H19FO6/c1-12-7-9-14(10-8-12)18(22)25-11-15-17(16(21)20(24)26-15)27-19(23)13-5-3-2-4-6-13/h2-10,15-17,20,24H,11H2,1H3/t15-,16+,17-,20+/m1/s1. The number of alkyl halides is 1. The Morgan fingerprint density at radius 3 is 2.33 bits per heavy atom. The monoisotopic (exact) mass is 374 g/mol. The van der Waals surface area contributed by atoms with Crippen molar-refractivity contribution in [3.8, 4) is 0 Å². The van der Waals surface area contributed by atoms with Crippen molar-refractivity contribution in [1.29, 1.82) is 0 Å². The molecule has 7 heteroatoms. The lowest BCUT2D eigenvalue weighted by Crippen LogP contribution is -2.37. The summed E-state index contributed by atoms with van der Waals surface area (Å²) in [5, 5.41) is 9.61. The Hall–Kier alpha value is -2.77. The largest absolute Gasteiger partial charge is 0.459 e. The van der Waals surface area contributed by atoms with Crippen molar-refractivity contribution in [2.45, 2.75) is 31.6 Å². The number of aliphatic hydroxyl groups is 1. The van der Waals surface area contributed by atoms with Gasteiger partial charge in [-0.15, -0.1) is 0 Å². The fourth-order valence-corrected chi connectivity index (χ4v) is 2.67. The van der Waals surface area contributed by atoms with E-state index in [0.717, 1.165) is 5.56 Å². The first-order valence-corrected chi connectivity index (χ1v) is 8.43. The highest BCUT2D eigenvalue weighted by molar-refractivity contribution is 5.90. The summed E-state index contributed by atoms with van der Waals surface area (Å²) in [5.41, 5.74) is 1.55. The summed E-state index contributed by atoms with van der Waals surface area (Å²) in [6.45, 7) is 1.52. The molecule has 0 saturated carbocycles. The Kier molecular flexibility index (Phi) is 5.83. The molecule has 1 aliphatic rings. The van der Waals surface area contributed by atoms with E-state index in [1.165, 1.54) is 12.1 Å². The average molecular weight is 374 g/mol. The first-order valence-electron chi connectivity index (χ1n) is 8.43. The smallest absolute Gasteiger partial charge is 0.338 e. The van der Waals surface area contributed by atoms with E-state index in [0.29, 0.717) is 5.56 Å². The van der Waals surface area contributed by atoms with Gasteiger partial charge in [0.05, 0.1) is 11.1 Å². The lowest BCUT2D eigenvalue weighted by atomic mass is 10.1. The van der Waals surface area contributed by atoms with E-state index in [-0.39, 0.29) is 12.2 Å². The summed E-state index contributed by atoms with van der Waals surface area (Å²) in [6, 6.07) is 14.8. The maximum Gasteiger partial charge on any atom is 0.338 e. The van der Waals surface area contributed by atoms with Gasteiger partial charge in [-0.25, -0.2) is 14.0 Å². The predicted octanol–water partition coefficient (Wildman–Crippen LogP) is 2.43. The quantitative estimate of drug-likeness (QED) is 0.810. The number of carbonyl (C=O) groups is 2. The van der Waals surface area contributed by atoms with Crippen LogP contribution >= 0.6 is 0 Å².